The summed E-state index contributed by atoms with van der Waals surface area (Å²) in [5, 5.41) is 9.79. The quantitative estimate of drug-likeness (QED) is 0.716. The van der Waals surface area contributed by atoms with E-state index in [-0.39, 0.29) is 5.57 Å². The molecule has 0 radical (unpaired) electrons. The van der Waals surface area contributed by atoms with E-state index in [0.29, 0.717) is 11.3 Å². The number of methoxy groups -OCH3 is 1. The summed E-state index contributed by atoms with van der Waals surface area (Å²) in [4.78, 5) is 10.8. The number of nitrogens with two attached hydrogens (primary N) is 1. The lowest BCUT2D eigenvalue weighted by atomic mass is 10.0. The number of carbonyl (C=O) groups is 1. The number of ether oxygens (including phenoxy) is 1. The molecule has 0 aliphatic carbocycles. The number of para-hydroxylation sites is 1. The number of aliphatic hydroxyl groups excluding tert-OH is 1. The van der Waals surface area contributed by atoms with Crippen molar-refractivity contribution in [3.05, 3.63) is 42.0 Å². The highest BCUT2D eigenvalue weighted by Gasteiger charge is 2.19. The molecule has 0 aliphatic heterocycles. The zero-order chi connectivity index (χ0) is 11.4. The van der Waals surface area contributed by atoms with E-state index in [2.05, 4.69) is 6.58 Å². The zero-order valence-electron chi connectivity index (χ0n) is 8.43. The van der Waals surface area contributed by atoms with Gasteiger partial charge < -0.3 is 15.6 Å². The van der Waals surface area contributed by atoms with Crippen molar-refractivity contribution in [1.82, 2.24) is 0 Å². The minimum atomic E-state index is -1.13. The van der Waals surface area contributed by atoms with Crippen molar-refractivity contribution in [2.45, 2.75) is 6.10 Å². The minimum absolute atomic E-state index is 0.0560. The third kappa shape index (κ3) is 2.35. The van der Waals surface area contributed by atoms with Crippen LogP contribution in [0.1, 0.15) is 11.7 Å². The molecule has 0 aliphatic rings. The first-order valence-corrected chi connectivity index (χ1v) is 4.37. The van der Waals surface area contributed by atoms with Crippen molar-refractivity contribution in [3.8, 4) is 5.75 Å². The van der Waals surface area contributed by atoms with E-state index in [9.17, 15) is 9.90 Å². The van der Waals surface area contributed by atoms with E-state index in [0.717, 1.165) is 0 Å². The lowest BCUT2D eigenvalue weighted by molar-refractivity contribution is -0.115. The Balaban J connectivity index is 3.05. The monoisotopic (exact) mass is 207 g/mol. The zero-order valence-corrected chi connectivity index (χ0v) is 8.43. The van der Waals surface area contributed by atoms with Crippen molar-refractivity contribution >= 4 is 5.91 Å². The van der Waals surface area contributed by atoms with Gasteiger partial charge in [0.25, 0.3) is 0 Å². The number of hydrogen-bond donors (Lipinski definition) is 2. The molecule has 0 bridgehead atoms. The van der Waals surface area contributed by atoms with Crippen LogP contribution in [0.2, 0.25) is 0 Å². The van der Waals surface area contributed by atoms with Crippen LogP contribution in [0.3, 0.4) is 0 Å². The molecule has 4 heteroatoms. The Bertz CT molecular complexity index is 387. The Hall–Kier alpha value is -1.81. The Labute approximate surface area is 88.0 Å². The smallest absolute Gasteiger partial charge is 0.247 e. The fourth-order valence-electron chi connectivity index (χ4n) is 1.21. The van der Waals surface area contributed by atoms with Gasteiger partial charge in [-0.05, 0) is 6.07 Å². The molecule has 80 valence electrons. The van der Waals surface area contributed by atoms with Crippen LogP contribution in [0.4, 0.5) is 0 Å². The molecule has 4 nitrogen and oxygen atoms in total. The second-order valence-electron chi connectivity index (χ2n) is 3.03. The number of aliphatic hydroxyl groups is 1. The highest BCUT2D eigenvalue weighted by molar-refractivity contribution is 5.92. The molecular weight excluding hydrogens is 194 g/mol. The van der Waals surface area contributed by atoms with Crippen LogP contribution in [0, 0.1) is 0 Å². The van der Waals surface area contributed by atoms with Gasteiger partial charge in [0.05, 0.1) is 7.11 Å². The van der Waals surface area contributed by atoms with Crippen LogP contribution < -0.4 is 10.5 Å². The molecule has 1 amide bonds. The van der Waals surface area contributed by atoms with E-state index < -0.39 is 12.0 Å². The molecule has 1 aromatic rings. The van der Waals surface area contributed by atoms with Gasteiger partial charge >= 0.3 is 0 Å². The summed E-state index contributed by atoms with van der Waals surface area (Å²) in [6.45, 7) is 3.43. The lowest BCUT2D eigenvalue weighted by Crippen LogP contribution is -2.18. The van der Waals surface area contributed by atoms with Gasteiger partial charge in [0.2, 0.25) is 5.91 Å². The van der Waals surface area contributed by atoms with Crippen LogP contribution in [0.5, 0.6) is 5.75 Å². The average molecular weight is 207 g/mol. The Morgan fingerprint density at radius 3 is 2.67 bits per heavy atom. The molecule has 0 heterocycles. The predicted octanol–water partition coefficient (Wildman–Crippen LogP) is 0.770. The summed E-state index contributed by atoms with van der Waals surface area (Å²) in [5.41, 5.74) is 5.45. The molecule has 0 spiro atoms. The van der Waals surface area contributed by atoms with Crippen LogP contribution in [-0.4, -0.2) is 18.1 Å². The maximum absolute atomic E-state index is 10.8. The van der Waals surface area contributed by atoms with Crippen molar-refractivity contribution in [2.75, 3.05) is 7.11 Å². The van der Waals surface area contributed by atoms with E-state index in [1.807, 2.05) is 0 Å². The van der Waals surface area contributed by atoms with E-state index in [4.69, 9.17) is 10.5 Å². The first kappa shape index (κ1) is 11.3. The van der Waals surface area contributed by atoms with Crippen molar-refractivity contribution in [2.24, 2.45) is 5.73 Å². The third-order valence-electron chi connectivity index (χ3n) is 2.08. The van der Waals surface area contributed by atoms with Crippen LogP contribution in [0.15, 0.2) is 36.4 Å². The van der Waals surface area contributed by atoms with Gasteiger partial charge in [0.1, 0.15) is 11.9 Å². The number of primary amides is 1. The van der Waals surface area contributed by atoms with Crippen molar-refractivity contribution in [1.29, 1.82) is 0 Å². The topological polar surface area (TPSA) is 72.6 Å². The number of carbonyl (C=O) groups excluding carboxylic acids is 1. The van der Waals surface area contributed by atoms with Crippen LogP contribution in [0.25, 0.3) is 0 Å². The number of benzene rings is 1. The Morgan fingerprint density at radius 1 is 1.53 bits per heavy atom. The van der Waals surface area contributed by atoms with Gasteiger partial charge in [0, 0.05) is 11.1 Å². The van der Waals surface area contributed by atoms with E-state index in [1.54, 1.807) is 24.3 Å². The number of hydrogen-bond acceptors (Lipinski definition) is 3. The molecule has 0 saturated carbocycles. The summed E-state index contributed by atoms with van der Waals surface area (Å²) < 4.78 is 5.04. The molecule has 15 heavy (non-hydrogen) atoms. The first-order valence-electron chi connectivity index (χ1n) is 4.37. The fraction of sp³-hybridized carbons (Fsp3) is 0.182. The van der Waals surface area contributed by atoms with Gasteiger partial charge in [-0.1, -0.05) is 24.8 Å². The summed E-state index contributed by atoms with van der Waals surface area (Å²) in [6.07, 6.45) is -1.13. The molecule has 1 rings (SSSR count). The fourth-order valence-corrected chi connectivity index (χ4v) is 1.21. The number of rotatable bonds is 4. The normalized spacial score (nSPS) is 11.9. The maximum atomic E-state index is 10.8. The van der Waals surface area contributed by atoms with Gasteiger partial charge in [-0.15, -0.1) is 0 Å². The predicted molar refractivity (Wildman–Crippen MR) is 56.3 cm³/mol. The highest BCUT2D eigenvalue weighted by Crippen LogP contribution is 2.28. The maximum Gasteiger partial charge on any atom is 0.247 e. The molecule has 3 N–H and O–H groups in total. The van der Waals surface area contributed by atoms with E-state index >= 15 is 0 Å². The second kappa shape index (κ2) is 4.61. The molecule has 0 fully saturated rings. The third-order valence-corrected chi connectivity index (χ3v) is 2.08. The molecule has 0 aromatic heterocycles. The molecule has 1 unspecified atom stereocenters. The molecule has 1 atom stereocenters. The van der Waals surface area contributed by atoms with Gasteiger partial charge in [-0.3, -0.25) is 4.79 Å². The molecule has 1 aromatic carbocycles. The second-order valence-corrected chi connectivity index (χ2v) is 3.03. The van der Waals surface area contributed by atoms with Gasteiger partial charge in [-0.2, -0.15) is 0 Å². The van der Waals surface area contributed by atoms with E-state index in [1.165, 1.54) is 7.11 Å². The Morgan fingerprint density at radius 2 is 2.13 bits per heavy atom. The summed E-state index contributed by atoms with van der Waals surface area (Å²) in [7, 11) is 1.48. The summed E-state index contributed by atoms with van der Waals surface area (Å²) in [6, 6.07) is 6.84. The van der Waals surface area contributed by atoms with Crippen molar-refractivity contribution in [3.63, 3.8) is 0 Å². The average Bonchev–Trinajstić information content (AvgIpc) is 2.26. The van der Waals surface area contributed by atoms with Gasteiger partial charge in [-0.25, -0.2) is 0 Å². The Kier molecular flexibility index (Phi) is 3.46. The SMILES string of the molecule is C=C(C(N)=O)C(O)c1ccccc1OC. The summed E-state index contributed by atoms with van der Waals surface area (Å²) in [5.74, 6) is -0.235. The molecule has 0 saturated heterocycles. The summed E-state index contributed by atoms with van der Waals surface area (Å²) >= 11 is 0. The number of amides is 1. The van der Waals surface area contributed by atoms with Crippen molar-refractivity contribution < 1.29 is 14.6 Å². The van der Waals surface area contributed by atoms with Gasteiger partial charge in [0.15, 0.2) is 0 Å². The minimum Gasteiger partial charge on any atom is -0.496 e. The van der Waals surface area contributed by atoms with Crippen LogP contribution in [-0.2, 0) is 4.79 Å². The highest BCUT2D eigenvalue weighted by atomic mass is 16.5. The first-order chi connectivity index (χ1) is 7.07. The van der Waals surface area contributed by atoms with Crippen LogP contribution >= 0.6 is 0 Å². The largest absolute Gasteiger partial charge is 0.496 e. The molecular formula is C11H13NO3. The standard InChI is InChI=1S/C11H13NO3/c1-7(11(12)14)10(13)8-5-3-4-6-9(8)15-2/h3-6,10,13H,1H2,2H3,(H2,12,14). The lowest BCUT2D eigenvalue weighted by Gasteiger charge is -2.14.